The lowest BCUT2D eigenvalue weighted by molar-refractivity contribution is 0.717. The Morgan fingerprint density at radius 3 is 0.566 bits per heavy atom. The summed E-state index contributed by atoms with van der Waals surface area (Å²) in [6.07, 6.45) is 44.6. The Kier molecular flexibility index (Phi) is 40.8. The predicted octanol–water partition coefficient (Wildman–Crippen LogP) is 32.6. The minimum absolute atomic E-state index is 0.636. The molecular formula is C129H128N14. The Labute approximate surface area is 847 Å². The molecule has 6 heterocycles. The predicted molar refractivity (Wildman–Crippen MR) is 589 cm³/mol. The summed E-state index contributed by atoms with van der Waals surface area (Å²) in [5.74, 6) is 3.57. The van der Waals surface area contributed by atoms with Gasteiger partial charge in [-0.2, -0.15) is 15.8 Å². The Hall–Kier alpha value is -16.3. The number of pyridine rings is 1. The van der Waals surface area contributed by atoms with E-state index in [1.807, 2.05) is 105 Å². The molecule has 0 N–H and O–H groups in total. The summed E-state index contributed by atoms with van der Waals surface area (Å²) >= 11 is 0. The third-order valence-electron chi connectivity index (χ3n) is 25.0. The van der Waals surface area contributed by atoms with Gasteiger partial charge in [-0.1, -0.05) is 343 Å². The van der Waals surface area contributed by atoms with Crippen molar-refractivity contribution < 1.29 is 0 Å². The Balaban J connectivity index is 0.000000144. The summed E-state index contributed by atoms with van der Waals surface area (Å²) in [7, 11) is 0. The Bertz CT molecular complexity index is 6880. The van der Waals surface area contributed by atoms with Gasteiger partial charge in [-0.25, -0.2) is 49.8 Å². The molecule has 0 unspecified atom stereocenters. The van der Waals surface area contributed by atoms with E-state index in [9.17, 15) is 0 Å². The van der Waals surface area contributed by atoms with Crippen molar-refractivity contribution in [2.24, 2.45) is 0 Å². The zero-order valence-corrected chi connectivity index (χ0v) is 84.1. The molecule has 0 saturated heterocycles. The summed E-state index contributed by atoms with van der Waals surface area (Å²) in [4.78, 5) is 49.6. The van der Waals surface area contributed by atoms with Crippen LogP contribution in [0.5, 0.6) is 0 Å². The molecule has 14 nitrogen and oxygen atoms in total. The van der Waals surface area contributed by atoms with E-state index < -0.39 is 0 Å². The van der Waals surface area contributed by atoms with E-state index in [0.717, 1.165) is 159 Å². The first kappa shape index (κ1) is 104. The maximum Gasteiger partial charge on any atom is 0.159 e. The summed E-state index contributed by atoms with van der Waals surface area (Å²) < 4.78 is 0. The molecule has 0 atom stereocenters. The lowest BCUT2D eigenvalue weighted by Gasteiger charge is -2.06. The first-order valence-electron chi connectivity index (χ1n) is 50.6. The van der Waals surface area contributed by atoms with Crippen LogP contribution in [-0.2, 0) is 51.4 Å². The molecule has 18 rings (SSSR count). The lowest BCUT2D eigenvalue weighted by Crippen LogP contribution is -1.91. The average molecular weight is 1870 g/mol. The molecule has 0 aliphatic carbocycles. The van der Waals surface area contributed by atoms with Crippen molar-refractivity contribution in [3.8, 4) is 153 Å². The van der Waals surface area contributed by atoms with E-state index in [2.05, 4.69) is 366 Å². The molecular weight excluding hydrogens is 1750 g/mol. The number of aromatic nitrogens is 11. The number of aryl methyl sites for hydroxylation is 9. The third kappa shape index (κ3) is 31.8. The highest BCUT2D eigenvalue weighted by Crippen LogP contribution is 2.31. The highest BCUT2D eigenvalue weighted by Gasteiger charge is 2.13. The molecule has 0 fully saturated rings. The van der Waals surface area contributed by atoms with E-state index in [-0.39, 0.29) is 0 Å². The highest BCUT2D eigenvalue weighted by molar-refractivity contribution is 5.72. The van der Waals surface area contributed by atoms with Crippen LogP contribution in [0.15, 0.2) is 371 Å². The molecule has 0 aliphatic rings. The number of unbranched alkanes of at least 4 members (excludes halogenated alkanes) is 6. The first-order chi connectivity index (χ1) is 70.2. The van der Waals surface area contributed by atoms with Gasteiger partial charge >= 0.3 is 0 Å². The first-order valence-corrected chi connectivity index (χ1v) is 50.6. The van der Waals surface area contributed by atoms with Crippen LogP contribution < -0.4 is 0 Å². The van der Waals surface area contributed by atoms with Gasteiger partial charge in [0.25, 0.3) is 0 Å². The number of benzene rings is 12. The summed E-state index contributed by atoms with van der Waals surface area (Å²) in [5.41, 5.74) is 34.5. The molecule has 0 amide bonds. The van der Waals surface area contributed by atoms with Crippen LogP contribution in [0.2, 0.25) is 0 Å². The molecule has 0 aliphatic heterocycles. The third-order valence-corrected chi connectivity index (χ3v) is 25.0. The minimum Gasteiger partial charge on any atom is -0.256 e. The van der Waals surface area contributed by atoms with Gasteiger partial charge in [0.2, 0.25) is 0 Å². The number of nitriles is 3. The highest BCUT2D eigenvalue weighted by atomic mass is 14.9. The minimum atomic E-state index is 0.636. The molecule has 0 bridgehead atoms. The van der Waals surface area contributed by atoms with Crippen molar-refractivity contribution in [1.82, 2.24) is 54.8 Å². The fourth-order valence-corrected chi connectivity index (χ4v) is 16.2. The number of hydrogen-bond donors (Lipinski definition) is 0. The molecule has 0 radical (unpaired) electrons. The molecule has 714 valence electrons. The molecule has 143 heavy (non-hydrogen) atoms. The second kappa shape index (κ2) is 56.0. The summed E-state index contributed by atoms with van der Waals surface area (Å²) in [5, 5.41) is 26.5. The molecule has 12 aromatic carbocycles. The topological polar surface area (TPSA) is 213 Å². The van der Waals surface area contributed by atoms with Gasteiger partial charge in [-0.15, -0.1) is 0 Å². The maximum absolute atomic E-state index is 8.86. The standard InChI is InChI=1S/C23H26N2.C23H25N.C22H21N3.C22H24N2.C20H17N3.C19H15N3/c1-3-5-6-7-19-10-14-21(15-11-19)23-24-16-22(17-25-23)20-12-8-18(4-2)9-13-20;1-3-5-18-7-11-20(12-8-18)22-15-16-23(24-17-22)21-13-9-19(6-4-2)10-14-21;1-2-3-4-5-17-6-10-19(11-7-17)21-15-24-22(25-16-21)20-12-8-18(14-23)9-13-20;1-3-4-5-6-18-9-13-20(14-10-18)22-23-15-21(16-24-22)19-11-7-17(2)8-12-19;1-2-3-15-4-8-17(9-5-15)19-13-22-20(23-14-19)18-10-6-16(12-21)7-11-18;1-2-14-3-7-16(8-4-14)18-12-21-19(22-13-18)17-9-5-15(11-20)6-10-17/h8-17H,3-7H2,1-2H3;7-17H,3-6H2,1-2H3;6-13,15-16H,2-5H2,1H3;7-16H,3-6H2,1-2H3;4-11,13-14H,2-3H2,1H3;3-10,12-13H,2H2,1H3. The van der Waals surface area contributed by atoms with Crippen molar-refractivity contribution in [3.05, 3.63) is 438 Å². The van der Waals surface area contributed by atoms with Gasteiger partial charge in [0.05, 0.1) is 40.6 Å². The fourth-order valence-electron chi connectivity index (χ4n) is 16.2. The zero-order chi connectivity index (χ0) is 100.0. The fraction of sp³-hybridized carbons (Fsp3) is 0.225. The Morgan fingerprint density at radius 1 is 0.168 bits per heavy atom. The number of nitrogens with zero attached hydrogens (tertiary/aromatic N) is 14. The zero-order valence-electron chi connectivity index (χ0n) is 84.1. The summed E-state index contributed by atoms with van der Waals surface area (Å²) in [6, 6.07) is 110. The van der Waals surface area contributed by atoms with Crippen molar-refractivity contribution in [3.63, 3.8) is 0 Å². The van der Waals surface area contributed by atoms with Crippen LogP contribution in [-0.4, -0.2) is 54.8 Å². The van der Waals surface area contributed by atoms with Crippen LogP contribution in [0.25, 0.3) is 135 Å². The lowest BCUT2D eigenvalue weighted by atomic mass is 10.0. The van der Waals surface area contributed by atoms with Crippen LogP contribution in [0.3, 0.4) is 0 Å². The normalized spacial score (nSPS) is 10.5. The molecule has 14 heteroatoms. The van der Waals surface area contributed by atoms with Gasteiger partial charge < -0.3 is 0 Å². The molecule has 0 spiro atoms. The largest absolute Gasteiger partial charge is 0.256 e. The van der Waals surface area contributed by atoms with E-state index in [0.29, 0.717) is 34.2 Å². The van der Waals surface area contributed by atoms with Crippen LogP contribution in [0.1, 0.15) is 199 Å². The quantitative estimate of drug-likeness (QED) is 0.0359. The average Bonchev–Trinajstić information content (AvgIpc) is 0.854. The molecule has 6 aromatic heterocycles. The van der Waals surface area contributed by atoms with Crippen LogP contribution in [0, 0.1) is 40.9 Å². The van der Waals surface area contributed by atoms with E-state index in [4.69, 9.17) is 15.8 Å². The summed E-state index contributed by atoms with van der Waals surface area (Å²) in [6.45, 7) is 19.7. The van der Waals surface area contributed by atoms with Gasteiger partial charge in [-0.3, -0.25) is 4.98 Å². The Morgan fingerprint density at radius 2 is 0.357 bits per heavy atom. The maximum atomic E-state index is 8.86. The van der Waals surface area contributed by atoms with Crippen molar-refractivity contribution in [2.75, 3.05) is 0 Å². The van der Waals surface area contributed by atoms with Crippen molar-refractivity contribution in [2.45, 2.75) is 191 Å². The SMILES string of the molecule is CCCCCc1ccc(-c2cnc(-c3ccc(C#N)cc3)nc2)cc1.CCCCCc1ccc(-c2ncc(-c3ccc(C)cc3)cn2)cc1.CCCCCc1ccc(-c2ncc(-c3ccc(CC)cc3)cn2)cc1.CCCc1ccc(-c2ccc(-c3ccc(CCC)cc3)nc2)cc1.CCCc1ccc(-c2cnc(-c3ccc(C#N)cc3)nc2)cc1.CCc1ccc(-c2cnc(-c3ccc(C#N)cc3)nc2)cc1. The number of hydrogen-bond acceptors (Lipinski definition) is 14. The van der Waals surface area contributed by atoms with Gasteiger partial charge in [0.15, 0.2) is 29.1 Å². The van der Waals surface area contributed by atoms with E-state index >= 15 is 0 Å². The monoisotopic (exact) mass is 1870 g/mol. The second-order valence-electron chi connectivity index (χ2n) is 35.7. The van der Waals surface area contributed by atoms with Crippen LogP contribution in [0.4, 0.5) is 0 Å². The smallest absolute Gasteiger partial charge is 0.159 e. The number of rotatable bonds is 32. The second-order valence-corrected chi connectivity index (χ2v) is 35.7. The van der Waals surface area contributed by atoms with Crippen molar-refractivity contribution in [1.29, 1.82) is 15.8 Å². The molecule has 18 aromatic rings. The van der Waals surface area contributed by atoms with Gasteiger partial charge in [0.1, 0.15) is 0 Å². The van der Waals surface area contributed by atoms with Gasteiger partial charge in [-0.05, 0) is 234 Å². The van der Waals surface area contributed by atoms with Crippen LogP contribution >= 0.6 is 0 Å². The van der Waals surface area contributed by atoms with Crippen molar-refractivity contribution >= 4 is 0 Å². The molecule has 0 saturated carbocycles. The van der Waals surface area contributed by atoms with E-state index in [1.165, 1.54) is 137 Å². The van der Waals surface area contributed by atoms with Gasteiger partial charge in [0, 0.05) is 135 Å². The van der Waals surface area contributed by atoms with E-state index in [1.54, 1.807) is 36.4 Å².